The standard InChI is InChI=1S/C16H17F3OS/c17-16(18,19)13-8-6-12(7-9-13)11-14(20)3-1-4-15-5-2-10-21-15/h2,5-10,14,20H,1,3-4,11H2. The molecule has 0 bridgehead atoms. The molecule has 0 aliphatic carbocycles. The molecular formula is C16H17F3OS. The first kappa shape index (κ1) is 16.0. The number of thiophene rings is 1. The van der Waals surface area contributed by atoms with Crippen LogP contribution in [0.2, 0.25) is 0 Å². The van der Waals surface area contributed by atoms with Crippen molar-refractivity contribution in [3.8, 4) is 0 Å². The molecule has 0 aliphatic heterocycles. The Labute approximate surface area is 126 Å². The molecule has 0 spiro atoms. The van der Waals surface area contributed by atoms with E-state index in [2.05, 4.69) is 6.07 Å². The molecule has 1 atom stereocenters. The van der Waals surface area contributed by atoms with E-state index >= 15 is 0 Å². The molecule has 114 valence electrons. The van der Waals surface area contributed by atoms with Crippen LogP contribution in [0, 0.1) is 0 Å². The zero-order valence-electron chi connectivity index (χ0n) is 11.4. The maximum atomic E-state index is 12.4. The molecule has 2 rings (SSSR count). The van der Waals surface area contributed by atoms with Gasteiger partial charge in [-0.25, -0.2) is 0 Å². The summed E-state index contributed by atoms with van der Waals surface area (Å²) in [6.45, 7) is 0. The van der Waals surface area contributed by atoms with E-state index < -0.39 is 17.8 Å². The van der Waals surface area contributed by atoms with E-state index in [9.17, 15) is 18.3 Å². The average molecular weight is 314 g/mol. The molecule has 1 aromatic heterocycles. The van der Waals surface area contributed by atoms with Crippen LogP contribution in [0.25, 0.3) is 0 Å². The molecule has 5 heteroatoms. The minimum absolute atomic E-state index is 0.391. The number of hydrogen-bond donors (Lipinski definition) is 1. The maximum absolute atomic E-state index is 12.4. The Balaban J connectivity index is 1.78. The van der Waals surface area contributed by atoms with E-state index in [1.807, 2.05) is 11.4 Å². The molecule has 1 nitrogen and oxygen atoms in total. The Morgan fingerprint density at radius 1 is 1.10 bits per heavy atom. The van der Waals surface area contributed by atoms with E-state index in [-0.39, 0.29) is 0 Å². The van der Waals surface area contributed by atoms with Gasteiger partial charge in [0, 0.05) is 4.88 Å². The lowest BCUT2D eigenvalue weighted by molar-refractivity contribution is -0.137. The second kappa shape index (κ2) is 7.09. The van der Waals surface area contributed by atoms with Crippen LogP contribution in [0.4, 0.5) is 13.2 Å². The van der Waals surface area contributed by atoms with Crippen LogP contribution in [0.5, 0.6) is 0 Å². The van der Waals surface area contributed by atoms with E-state index in [0.29, 0.717) is 12.8 Å². The van der Waals surface area contributed by atoms with Crippen molar-refractivity contribution < 1.29 is 18.3 Å². The highest BCUT2D eigenvalue weighted by molar-refractivity contribution is 7.09. The molecule has 0 amide bonds. The van der Waals surface area contributed by atoms with Gasteiger partial charge in [0.25, 0.3) is 0 Å². The van der Waals surface area contributed by atoms with Crippen LogP contribution in [0.3, 0.4) is 0 Å². The number of hydrogen-bond acceptors (Lipinski definition) is 2. The van der Waals surface area contributed by atoms with Crippen LogP contribution in [-0.4, -0.2) is 11.2 Å². The van der Waals surface area contributed by atoms with Gasteiger partial charge in [-0.05, 0) is 54.8 Å². The Morgan fingerprint density at radius 3 is 2.38 bits per heavy atom. The highest BCUT2D eigenvalue weighted by atomic mass is 32.1. The van der Waals surface area contributed by atoms with Crippen LogP contribution >= 0.6 is 11.3 Å². The number of benzene rings is 1. The minimum atomic E-state index is -4.31. The Hall–Kier alpha value is -1.33. The second-order valence-corrected chi connectivity index (χ2v) is 6.06. The van der Waals surface area contributed by atoms with Crippen LogP contribution in [0.1, 0.15) is 28.8 Å². The van der Waals surface area contributed by atoms with Gasteiger partial charge in [0.15, 0.2) is 0 Å². The molecule has 0 saturated carbocycles. The highest BCUT2D eigenvalue weighted by Gasteiger charge is 2.29. The molecule has 1 N–H and O–H groups in total. The number of alkyl halides is 3. The van der Waals surface area contributed by atoms with Crippen LogP contribution < -0.4 is 0 Å². The molecule has 21 heavy (non-hydrogen) atoms. The van der Waals surface area contributed by atoms with Gasteiger partial charge in [0.05, 0.1) is 11.7 Å². The summed E-state index contributed by atoms with van der Waals surface area (Å²) in [6.07, 6.45) is -1.97. The van der Waals surface area contributed by atoms with Crippen molar-refractivity contribution >= 4 is 11.3 Å². The van der Waals surface area contributed by atoms with Crippen LogP contribution in [0.15, 0.2) is 41.8 Å². The lowest BCUT2D eigenvalue weighted by atomic mass is 10.0. The summed E-state index contributed by atoms with van der Waals surface area (Å²) >= 11 is 1.69. The molecule has 0 fully saturated rings. The van der Waals surface area contributed by atoms with Gasteiger partial charge >= 0.3 is 6.18 Å². The summed E-state index contributed by atoms with van der Waals surface area (Å²) in [5.74, 6) is 0. The molecule has 0 saturated heterocycles. The number of aliphatic hydroxyl groups is 1. The molecular weight excluding hydrogens is 297 g/mol. The first-order chi connectivity index (χ1) is 9.95. The Morgan fingerprint density at radius 2 is 1.81 bits per heavy atom. The maximum Gasteiger partial charge on any atom is 0.416 e. The molecule has 0 radical (unpaired) electrons. The molecule has 1 unspecified atom stereocenters. The zero-order chi connectivity index (χ0) is 15.3. The quantitative estimate of drug-likeness (QED) is 0.820. The van der Waals surface area contributed by atoms with E-state index in [1.165, 1.54) is 17.0 Å². The highest BCUT2D eigenvalue weighted by Crippen LogP contribution is 2.29. The average Bonchev–Trinajstić information content (AvgIpc) is 2.91. The number of rotatable bonds is 6. The molecule has 0 aliphatic rings. The van der Waals surface area contributed by atoms with Crippen molar-refractivity contribution in [2.75, 3.05) is 0 Å². The zero-order valence-corrected chi connectivity index (χ0v) is 12.3. The van der Waals surface area contributed by atoms with E-state index in [4.69, 9.17) is 0 Å². The predicted octanol–water partition coefficient (Wildman–Crippen LogP) is 4.69. The SMILES string of the molecule is OC(CCCc1cccs1)Cc1ccc(C(F)(F)F)cc1. The summed E-state index contributed by atoms with van der Waals surface area (Å²) in [5, 5.41) is 12.0. The smallest absolute Gasteiger partial charge is 0.393 e. The lowest BCUT2D eigenvalue weighted by Crippen LogP contribution is -2.11. The van der Waals surface area contributed by atoms with Gasteiger partial charge in [-0.15, -0.1) is 11.3 Å². The largest absolute Gasteiger partial charge is 0.416 e. The Bertz CT molecular complexity index is 532. The first-order valence-corrected chi connectivity index (χ1v) is 7.69. The fraction of sp³-hybridized carbons (Fsp3) is 0.375. The summed E-state index contributed by atoms with van der Waals surface area (Å²) < 4.78 is 37.3. The van der Waals surface area contributed by atoms with Gasteiger partial charge in [-0.2, -0.15) is 13.2 Å². The van der Waals surface area contributed by atoms with E-state index in [1.54, 1.807) is 11.3 Å². The predicted molar refractivity (Wildman–Crippen MR) is 78.4 cm³/mol. The molecule has 2 aromatic rings. The first-order valence-electron chi connectivity index (χ1n) is 6.82. The van der Waals surface area contributed by atoms with Gasteiger partial charge in [-0.1, -0.05) is 18.2 Å². The fourth-order valence-electron chi connectivity index (χ4n) is 2.17. The lowest BCUT2D eigenvalue weighted by Gasteiger charge is -2.11. The van der Waals surface area contributed by atoms with Crippen molar-refractivity contribution in [2.24, 2.45) is 0 Å². The van der Waals surface area contributed by atoms with Gasteiger partial charge in [-0.3, -0.25) is 0 Å². The monoisotopic (exact) mass is 314 g/mol. The normalized spacial score (nSPS) is 13.3. The molecule has 1 heterocycles. The topological polar surface area (TPSA) is 20.2 Å². The number of aryl methyl sites for hydroxylation is 1. The Kier molecular flexibility index (Phi) is 5.42. The summed E-state index contributed by atoms with van der Waals surface area (Å²) in [4.78, 5) is 1.29. The van der Waals surface area contributed by atoms with Crippen molar-refractivity contribution in [3.63, 3.8) is 0 Å². The summed E-state index contributed by atoms with van der Waals surface area (Å²) in [7, 11) is 0. The second-order valence-electron chi connectivity index (χ2n) is 5.02. The van der Waals surface area contributed by atoms with Crippen molar-refractivity contribution in [1.82, 2.24) is 0 Å². The van der Waals surface area contributed by atoms with Gasteiger partial charge in [0.1, 0.15) is 0 Å². The minimum Gasteiger partial charge on any atom is -0.393 e. The third kappa shape index (κ3) is 5.17. The molecule has 1 aromatic carbocycles. The van der Waals surface area contributed by atoms with Crippen LogP contribution in [-0.2, 0) is 19.0 Å². The van der Waals surface area contributed by atoms with Gasteiger partial charge < -0.3 is 5.11 Å². The summed E-state index contributed by atoms with van der Waals surface area (Å²) in [5.41, 5.74) is 0.0741. The van der Waals surface area contributed by atoms with Crippen molar-refractivity contribution in [2.45, 2.75) is 38.0 Å². The number of halogens is 3. The van der Waals surface area contributed by atoms with Crippen molar-refractivity contribution in [3.05, 3.63) is 57.8 Å². The third-order valence-corrected chi connectivity index (χ3v) is 4.23. The number of aliphatic hydroxyl groups excluding tert-OH is 1. The van der Waals surface area contributed by atoms with Crippen molar-refractivity contribution in [1.29, 1.82) is 0 Å². The third-order valence-electron chi connectivity index (χ3n) is 3.29. The van der Waals surface area contributed by atoms with E-state index in [0.717, 1.165) is 30.5 Å². The van der Waals surface area contributed by atoms with Gasteiger partial charge in [0.2, 0.25) is 0 Å². The summed E-state index contributed by atoms with van der Waals surface area (Å²) in [6, 6.07) is 9.06. The fourth-order valence-corrected chi connectivity index (χ4v) is 2.92.